The highest BCUT2D eigenvalue weighted by Gasteiger charge is 2.15. The van der Waals surface area contributed by atoms with E-state index in [1.165, 1.54) is 24.3 Å². The third-order valence-corrected chi connectivity index (χ3v) is 4.83. The van der Waals surface area contributed by atoms with Gasteiger partial charge in [-0.3, -0.25) is 0 Å². The SMILES string of the molecule is CNC(Cc1cc(F)ccc1Br)c1ccc(F)cc1I. The first-order chi connectivity index (χ1) is 9.51. The second-order valence-corrected chi connectivity index (χ2v) is 6.46. The van der Waals surface area contributed by atoms with Crippen molar-refractivity contribution in [3.05, 3.63) is 67.2 Å². The molecule has 1 atom stereocenters. The Labute approximate surface area is 139 Å². The van der Waals surface area contributed by atoms with Crippen molar-refractivity contribution < 1.29 is 8.78 Å². The summed E-state index contributed by atoms with van der Waals surface area (Å²) < 4.78 is 28.2. The lowest BCUT2D eigenvalue weighted by Crippen LogP contribution is -2.20. The Morgan fingerprint density at radius 1 is 1.15 bits per heavy atom. The summed E-state index contributed by atoms with van der Waals surface area (Å²) in [7, 11) is 1.84. The largest absolute Gasteiger partial charge is 0.313 e. The highest BCUT2D eigenvalue weighted by atomic mass is 127. The van der Waals surface area contributed by atoms with E-state index in [0.717, 1.165) is 19.2 Å². The molecule has 0 aliphatic carbocycles. The quantitative estimate of drug-likeness (QED) is 0.656. The van der Waals surface area contributed by atoms with Crippen LogP contribution in [0, 0.1) is 15.2 Å². The molecule has 106 valence electrons. The second kappa shape index (κ2) is 6.95. The summed E-state index contributed by atoms with van der Waals surface area (Å²) in [5, 5.41) is 3.20. The molecule has 0 saturated heterocycles. The lowest BCUT2D eigenvalue weighted by atomic mass is 9.99. The molecule has 0 aliphatic rings. The zero-order valence-corrected chi connectivity index (χ0v) is 14.5. The maximum absolute atomic E-state index is 13.3. The molecule has 2 rings (SSSR count). The second-order valence-electron chi connectivity index (χ2n) is 4.45. The molecule has 0 amide bonds. The van der Waals surface area contributed by atoms with Crippen molar-refractivity contribution in [2.75, 3.05) is 7.05 Å². The van der Waals surface area contributed by atoms with E-state index in [0.29, 0.717) is 6.42 Å². The predicted molar refractivity (Wildman–Crippen MR) is 88.7 cm³/mol. The number of rotatable bonds is 4. The number of halogens is 4. The molecule has 0 spiro atoms. The Morgan fingerprint density at radius 2 is 1.80 bits per heavy atom. The lowest BCUT2D eigenvalue weighted by Gasteiger charge is -2.19. The van der Waals surface area contributed by atoms with Crippen LogP contribution < -0.4 is 5.32 Å². The smallest absolute Gasteiger partial charge is 0.124 e. The van der Waals surface area contributed by atoms with Crippen LogP contribution in [0.4, 0.5) is 8.78 Å². The maximum atomic E-state index is 13.3. The van der Waals surface area contributed by atoms with Crippen molar-refractivity contribution >= 4 is 38.5 Å². The van der Waals surface area contributed by atoms with Crippen molar-refractivity contribution in [1.29, 1.82) is 0 Å². The van der Waals surface area contributed by atoms with Crippen LogP contribution in [0.2, 0.25) is 0 Å². The minimum Gasteiger partial charge on any atom is -0.313 e. The van der Waals surface area contributed by atoms with Gasteiger partial charge in [0.1, 0.15) is 11.6 Å². The fraction of sp³-hybridized carbons (Fsp3) is 0.200. The topological polar surface area (TPSA) is 12.0 Å². The first-order valence-corrected chi connectivity index (χ1v) is 7.94. The van der Waals surface area contributed by atoms with Gasteiger partial charge in [0.2, 0.25) is 0 Å². The molecule has 0 saturated carbocycles. The molecule has 0 heterocycles. The Hall–Kier alpha value is -0.530. The zero-order chi connectivity index (χ0) is 14.7. The van der Waals surface area contributed by atoms with E-state index in [1.807, 2.05) is 7.05 Å². The Bertz CT molecular complexity index is 619. The first-order valence-electron chi connectivity index (χ1n) is 6.07. The number of nitrogens with one attached hydrogen (secondary N) is 1. The summed E-state index contributed by atoms with van der Waals surface area (Å²) >= 11 is 5.55. The number of hydrogen-bond donors (Lipinski definition) is 1. The van der Waals surface area contributed by atoms with Crippen LogP contribution in [-0.2, 0) is 6.42 Å². The molecule has 2 aromatic rings. The first kappa shape index (κ1) is 15.9. The normalized spacial score (nSPS) is 12.4. The summed E-state index contributed by atoms with van der Waals surface area (Å²) in [5.74, 6) is -0.508. The van der Waals surface area contributed by atoms with Crippen LogP contribution in [0.25, 0.3) is 0 Å². The molecule has 0 aliphatic heterocycles. The fourth-order valence-corrected chi connectivity index (χ4v) is 3.33. The third-order valence-electron chi connectivity index (χ3n) is 3.12. The molecule has 0 bridgehead atoms. The van der Waals surface area contributed by atoms with E-state index in [4.69, 9.17) is 0 Å². The summed E-state index contributed by atoms with van der Waals surface area (Å²) in [5.41, 5.74) is 1.88. The fourth-order valence-electron chi connectivity index (χ4n) is 2.07. The Kier molecular flexibility index (Phi) is 5.51. The molecule has 0 fully saturated rings. The maximum Gasteiger partial charge on any atom is 0.124 e. The lowest BCUT2D eigenvalue weighted by molar-refractivity contribution is 0.576. The average molecular weight is 452 g/mol. The van der Waals surface area contributed by atoms with Crippen molar-refractivity contribution in [2.45, 2.75) is 12.5 Å². The van der Waals surface area contributed by atoms with Gasteiger partial charge in [-0.1, -0.05) is 22.0 Å². The van der Waals surface area contributed by atoms with Crippen LogP contribution in [0.5, 0.6) is 0 Å². The van der Waals surface area contributed by atoms with Gasteiger partial charge in [0.25, 0.3) is 0 Å². The molecule has 1 nitrogen and oxygen atoms in total. The molecule has 1 unspecified atom stereocenters. The van der Waals surface area contributed by atoms with Crippen LogP contribution in [0.15, 0.2) is 40.9 Å². The number of hydrogen-bond acceptors (Lipinski definition) is 1. The molecule has 2 aromatic carbocycles. The molecular formula is C15H13BrF2IN. The number of benzene rings is 2. The van der Waals surface area contributed by atoms with Crippen LogP contribution in [0.3, 0.4) is 0 Å². The van der Waals surface area contributed by atoms with E-state index < -0.39 is 0 Å². The van der Waals surface area contributed by atoms with E-state index in [-0.39, 0.29) is 17.7 Å². The third kappa shape index (κ3) is 3.77. The monoisotopic (exact) mass is 451 g/mol. The highest BCUT2D eigenvalue weighted by Crippen LogP contribution is 2.27. The molecule has 0 radical (unpaired) electrons. The summed E-state index contributed by atoms with van der Waals surface area (Å²) in [6.45, 7) is 0. The molecular weight excluding hydrogens is 439 g/mol. The van der Waals surface area contributed by atoms with Gasteiger partial charge < -0.3 is 5.32 Å². The molecule has 5 heteroatoms. The highest BCUT2D eigenvalue weighted by molar-refractivity contribution is 14.1. The average Bonchev–Trinajstić information content (AvgIpc) is 2.40. The zero-order valence-electron chi connectivity index (χ0n) is 10.8. The van der Waals surface area contributed by atoms with E-state index in [9.17, 15) is 8.78 Å². The minimum absolute atomic E-state index is 0.000556. The van der Waals surface area contributed by atoms with Crippen molar-refractivity contribution in [2.24, 2.45) is 0 Å². The number of likely N-dealkylation sites (N-methyl/N-ethyl adjacent to an activating group) is 1. The summed E-state index contributed by atoms with van der Waals surface area (Å²) in [6.07, 6.45) is 0.622. The van der Waals surface area contributed by atoms with Gasteiger partial charge in [-0.25, -0.2) is 8.78 Å². The predicted octanol–water partition coefficient (Wildman–Crippen LogP) is 4.84. The van der Waals surface area contributed by atoms with Crippen LogP contribution >= 0.6 is 38.5 Å². The molecule has 20 heavy (non-hydrogen) atoms. The van der Waals surface area contributed by atoms with Gasteiger partial charge in [0.15, 0.2) is 0 Å². The Balaban J connectivity index is 2.31. The minimum atomic E-state index is -0.258. The standard InChI is InChI=1S/C15H13BrF2IN/c1-20-15(12-4-2-11(18)8-14(12)19)7-9-6-10(17)3-5-13(9)16/h2-6,8,15,20H,7H2,1H3. The Morgan fingerprint density at radius 3 is 2.45 bits per heavy atom. The van der Waals surface area contributed by atoms with Crippen molar-refractivity contribution in [3.8, 4) is 0 Å². The van der Waals surface area contributed by atoms with Gasteiger partial charge in [0, 0.05) is 14.1 Å². The van der Waals surface area contributed by atoms with Gasteiger partial charge in [0.05, 0.1) is 0 Å². The van der Waals surface area contributed by atoms with E-state index >= 15 is 0 Å². The van der Waals surface area contributed by atoms with Gasteiger partial charge in [-0.2, -0.15) is 0 Å². The summed E-state index contributed by atoms with van der Waals surface area (Å²) in [6, 6.07) is 9.36. The molecule has 1 N–H and O–H groups in total. The van der Waals surface area contributed by atoms with Crippen molar-refractivity contribution in [3.63, 3.8) is 0 Å². The van der Waals surface area contributed by atoms with Crippen LogP contribution in [-0.4, -0.2) is 7.05 Å². The van der Waals surface area contributed by atoms with E-state index in [1.54, 1.807) is 12.1 Å². The summed E-state index contributed by atoms with van der Waals surface area (Å²) in [4.78, 5) is 0. The molecule has 0 aromatic heterocycles. The van der Waals surface area contributed by atoms with Gasteiger partial charge in [-0.05, 0) is 77.5 Å². The van der Waals surface area contributed by atoms with E-state index in [2.05, 4.69) is 43.8 Å². The van der Waals surface area contributed by atoms with Gasteiger partial charge in [-0.15, -0.1) is 0 Å². The van der Waals surface area contributed by atoms with Gasteiger partial charge >= 0.3 is 0 Å². The van der Waals surface area contributed by atoms with Crippen LogP contribution in [0.1, 0.15) is 17.2 Å². The van der Waals surface area contributed by atoms with Crippen molar-refractivity contribution in [1.82, 2.24) is 5.32 Å².